The summed E-state index contributed by atoms with van der Waals surface area (Å²) in [5.41, 5.74) is 1.21. The number of halogens is 1. The predicted octanol–water partition coefficient (Wildman–Crippen LogP) is 0.925. The van der Waals surface area contributed by atoms with E-state index in [9.17, 15) is 34.8 Å². The molecule has 4 aliphatic rings. The molecule has 0 radical (unpaired) electrons. The number of hydrogen-bond donors (Lipinski definition) is 6. The molecule has 192 valence electrons. The molecule has 1 amide bonds. The predicted molar refractivity (Wildman–Crippen MR) is 125 cm³/mol. The van der Waals surface area contributed by atoms with Gasteiger partial charge in [0, 0.05) is 29.7 Å². The van der Waals surface area contributed by atoms with Gasteiger partial charge >= 0.3 is 0 Å². The number of fused-ring (bicyclic) bond motifs is 3. The third-order valence-corrected chi connectivity index (χ3v) is 7.94. The van der Waals surface area contributed by atoms with Crippen LogP contribution in [0.4, 0.5) is 10.1 Å². The van der Waals surface area contributed by atoms with Crippen LogP contribution < -0.4 is 11.1 Å². The summed E-state index contributed by atoms with van der Waals surface area (Å²) in [5.74, 6) is -7.84. The minimum atomic E-state index is -2.72. The highest BCUT2D eigenvalue weighted by molar-refractivity contribution is 6.24. The van der Waals surface area contributed by atoms with Gasteiger partial charge in [0.05, 0.1) is 17.3 Å². The third kappa shape index (κ3) is 3.26. The van der Waals surface area contributed by atoms with Crippen LogP contribution in [0.3, 0.4) is 0 Å². The topological polar surface area (TPSA) is 173 Å². The Morgan fingerprint density at radius 2 is 1.92 bits per heavy atom. The number of likely N-dealkylation sites (N-methyl/N-ethyl adjacent to an activating group) is 1. The van der Waals surface area contributed by atoms with E-state index in [4.69, 9.17) is 5.73 Å². The summed E-state index contributed by atoms with van der Waals surface area (Å²) >= 11 is 0. The molecule has 1 aromatic carbocycles. The Morgan fingerprint density at radius 3 is 2.50 bits per heavy atom. The lowest BCUT2D eigenvalue weighted by Gasteiger charge is -2.50. The maximum absolute atomic E-state index is 15.2. The van der Waals surface area contributed by atoms with Crippen LogP contribution in [0.15, 0.2) is 23.0 Å². The number of nitrogens with two attached hydrogens (primary N) is 1. The van der Waals surface area contributed by atoms with Gasteiger partial charge in [0.2, 0.25) is 5.78 Å². The third-order valence-electron chi connectivity index (χ3n) is 7.94. The lowest BCUT2D eigenvalue weighted by atomic mass is 9.57. The number of amides is 1. The average molecular weight is 502 g/mol. The van der Waals surface area contributed by atoms with Crippen LogP contribution in [0.25, 0.3) is 5.76 Å². The summed E-state index contributed by atoms with van der Waals surface area (Å²) in [5, 5.41) is 47.4. The van der Waals surface area contributed by atoms with Crippen molar-refractivity contribution in [1.29, 1.82) is 0 Å². The smallest absolute Gasteiger partial charge is 0.255 e. The second kappa shape index (κ2) is 8.04. The van der Waals surface area contributed by atoms with Gasteiger partial charge in [0.1, 0.15) is 28.7 Å². The van der Waals surface area contributed by atoms with E-state index in [1.54, 1.807) is 0 Å². The highest BCUT2D eigenvalue weighted by atomic mass is 19.1. The molecule has 4 aliphatic carbocycles. The minimum Gasteiger partial charge on any atom is -0.508 e. The van der Waals surface area contributed by atoms with E-state index in [0.717, 1.165) is 18.9 Å². The first kappa shape index (κ1) is 24.3. The molecule has 2 fully saturated rings. The van der Waals surface area contributed by atoms with Crippen LogP contribution in [0, 0.1) is 23.6 Å². The first-order valence-electron chi connectivity index (χ1n) is 11.8. The number of primary amides is 1. The van der Waals surface area contributed by atoms with Crippen LogP contribution in [-0.2, 0) is 20.8 Å². The monoisotopic (exact) mass is 501 g/mol. The molecule has 11 heteroatoms. The number of ketones is 2. The zero-order valence-corrected chi connectivity index (χ0v) is 19.8. The van der Waals surface area contributed by atoms with Crippen molar-refractivity contribution in [3.05, 3.63) is 39.9 Å². The van der Waals surface area contributed by atoms with Crippen molar-refractivity contribution in [3.8, 4) is 5.75 Å². The zero-order valence-electron chi connectivity index (χ0n) is 19.8. The van der Waals surface area contributed by atoms with Crippen molar-refractivity contribution in [2.75, 3.05) is 26.0 Å². The van der Waals surface area contributed by atoms with Crippen molar-refractivity contribution in [3.63, 3.8) is 0 Å². The number of phenolic OH excluding ortho intramolecular Hbond substituents is 1. The van der Waals surface area contributed by atoms with E-state index < -0.39 is 69.6 Å². The summed E-state index contributed by atoms with van der Waals surface area (Å²) in [6.07, 6.45) is 1.87. The molecule has 0 heterocycles. The molecule has 0 spiro atoms. The molecule has 0 unspecified atom stereocenters. The van der Waals surface area contributed by atoms with Crippen molar-refractivity contribution < 1.29 is 39.2 Å². The van der Waals surface area contributed by atoms with E-state index in [2.05, 4.69) is 5.32 Å². The van der Waals surface area contributed by atoms with Gasteiger partial charge in [-0.15, -0.1) is 0 Å². The summed E-state index contributed by atoms with van der Waals surface area (Å²) in [6.45, 7) is 0.515. The first-order chi connectivity index (χ1) is 16.9. The number of carbonyl (C=O) groups excluding carboxylic acids is 3. The van der Waals surface area contributed by atoms with Crippen molar-refractivity contribution in [2.45, 2.75) is 37.3 Å². The Labute approximate surface area is 205 Å². The number of hydrogen-bond acceptors (Lipinski definition) is 9. The lowest BCUT2D eigenvalue weighted by Crippen LogP contribution is -2.65. The van der Waals surface area contributed by atoms with Crippen LogP contribution in [0.1, 0.15) is 30.4 Å². The number of rotatable bonds is 5. The summed E-state index contributed by atoms with van der Waals surface area (Å²) < 4.78 is 15.2. The van der Waals surface area contributed by atoms with E-state index >= 15 is 4.39 Å². The Morgan fingerprint density at radius 1 is 1.25 bits per heavy atom. The Bertz CT molecular complexity index is 1280. The Kier molecular flexibility index (Phi) is 5.42. The molecule has 10 nitrogen and oxygen atoms in total. The number of benzene rings is 1. The number of aliphatic hydroxyl groups is 3. The quantitative estimate of drug-likeness (QED) is 0.253. The van der Waals surface area contributed by atoms with Gasteiger partial charge in [-0.05, 0) is 51.6 Å². The van der Waals surface area contributed by atoms with Crippen molar-refractivity contribution in [1.82, 2.24) is 4.90 Å². The summed E-state index contributed by atoms with van der Waals surface area (Å²) in [6, 6.07) is -0.0364. The maximum Gasteiger partial charge on any atom is 0.255 e. The van der Waals surface area contributed by atoms with Crippen LogP contribution >= 0.6 is 0 Å². The van der Waals surface area contributed by atoms with Gasteiger partial charge in [0.25, 0.3) is 5.91 Å². The molecule has 1 aromatic rings. The highest BCUT2D eigenvalue weighted by Gasteiger charge is 2.64. The molecular formula is C25H28FN3O7. The number of nitrogens with zero attached hydrogens (tertiary/aromatic N) is 1. The number of nitrogens with one attached hydrogen (secondary N) is 1. The maximum atomic E-state index is 15.2. The fraction of sp³-hybridized carbons (Fsp3) is 0.480. The highest BCUT2D eigenvalue weighted by Crippen LogP contribution is 2.53. The van der Waals surface area contributed by atoms with Crippen molar-refractivity contribution in [2.24, 2.45) is 23.5 Å². The van der Waals surface area contributed by atoms with Gasteiger partial charge in [-0.1, -0.05) is 0 Å². The fourth-order valence-electron chi connectivity index (χ4n) is 5.98. The number of aliphatic hydroxyl groups excluding tert-OH is 2. The normalized spacial score (nSPS) is 29.8. The average Bonchev–Trinajstić information content (AvgIpc) is 3.61. The molecule has 0 aliphatic heterocycles. The number of carbonyl (C=O) groups is 3. The molecule has 36 heavy (non-hydrogen) atoms. The molecular weight excluding hydrogens is 473 g/mol. The number of phenols is 1. The Balaban J connectivity index is 1.67. The first-order valence-corrected chi connectivity index (χ1v) is 11.8. The molecule has 5 rings (SSSR count). The van der Waals surface area contributed by atoms with E-state index in [0.29, 0.717) is 12.5 Å². The molecule has 0 aromatic heterocycles. The molecule has 0 bridgehead atoms. The van der Waals surface area contributed by atoms with Gasteiger partial charge in [-0.3, -0.25) is 19.3 Å². The number of Topliss-reactive ketones (excluding diaryl/α,β-unsaturated/α-hetero) is 2. The van der Waals surface area contributed by atoms with Gasteiger partial charge in [-0.2, -0.15) is 0 Å². The Hall–Kier alpha value is -3.44. The van der Waals surface area contributed by atoms with Crippen LogP contribution in [0.5, 0.6) is 5.75 Å². The fourth-order valence-corrected chi connectivity index (χ4v) is 5.98. The summed E-state index contributed by atoms with van der Waals surface area (Å²) in [4.78, 5) is 40.2. The zero-order chi connectivity index (χ0) is 26.3. The van der Waals surface area contributed by atoms with Gasteiger partial charge < -0.3 is 31.5 Å². The number of aromatic hydroxyl groups is 1. The molecule has 2 saturated carbocycles. The van der Waals surface area contributed by atoms with Gasteiger partial charge in [0.15, 0.2) is 11.4 Å². The number of anilines is 1. The largest absolute Gasteiger partial charge is 0.508 e. The van der Waals surface area contributed by atoms with Crippen molar-refractivity contribution >= 4 is 28.9 Å². The van der Waals surface area contributed by atoms with Crippen LogP contribution in [0.2, 0.25) is 0 Å². The standard InChI is InChI=1S/C25H28FN3O7/c1-29(2)18-12-6-10-5-11-13(26)7-14(28-8-9-3-4-9)19(30)16(11)20(31)15(10)22(33)25(12,36)23(34)17(21(18)32)24(27)35/h7,9-10,12,18,28,30-31,34,36H,3-6,8H2,1-2H3,(H2,27,35)/t10-,12-,18-,25-/m0/s1. The molecule has 0 saturated heterocycles. The second-order valence-electron chi connectivity index (χ2n) is 10.4. The molecule has 7 N–H and O–H groups in total. The van der Waals surface area contributed by atoms with E-state index in [1.165, 1.54) is 19.0 Å². The second-order valence-corrected chi connectivity index (χ2v) is 10.4. The molecule has 4 atom stereocenters. The summed E-state index contributed by atoms with van der Waals surface area (Å²) in [7, 11) is 3.03. The van der Waals surface area contributed by atoms with Crippen LogP contribution in [-0.4, -0.2) is 75.1 Å². The van der Waals surface area contributed by atoms with E-state index in [-0.39, 0.29) is 35.2 Å². The lowest BCUT2D eigenvalue weighted by molar-refractivity contribution is -0.153. The van der Waals surface area contributed by atoms with E-state index in [1.807, 2.05) is 0 Å². The SMILES string of the molecule is CN(C)[C@@H]1C(=O)C(C(N)=O)=C(O)[C@@]2(O)C(=O)C3=C(O)c4c(O)c(NCC5CC5)cc(F)c4C[C@H]3C[C@@H]12. The van der Waals surface area contributed by atoms with Gasteiger partial charge in [-0.25, -0.2) is 4.39 Å². The minimum absolute atomic E-state index is 0.00934.